The number of aromatic carboxylic acids is 1. The van der Waals surface area contributed by atoms with Crippen LogP contribution in [0.3, 0.4) is 0 Å². The van der Waals surface area contributed by atoms with Crippen molar-refractivity contribution < 1.29 is 9.90 Å². The quantitative estimate of drug-likeness (QED) is 0.511. The highest BCUT2D eigenvalue weighted by Gasteiger charge is 2.14. The first kappa shape index (κ1) is 20.7. The van der Waals surface area contributed by atoms with Crippen molar-refractivity contribution in [3.05, 3.63) is 29.8 Å². The maximum Gasteiger partial charge on any atom is 0.336 e. The number of thioether (sulfide) groups is 2. The maximum absolute atomic E-state index is 10.6. The number of rotatable bonds is 7. The Balaban J connectivity index is 0.000000384. The Labute approximate surface area is 142 Å². The first-order chi connectivity index (χ1) is 10.0. The Morgan fingerprint density at radius 2 is 1.86 bits per heavy atom. The molecule has 1 N–H and O–H groups in total. The van der Waals surface area contributed by atoms with Crippen molar-refractivity contribution in [1.29, 1.82) is 0 Å². The summed E-state index contributed by atoms with van der Waals surface area (Å²) in [5.74, 6) is 0.316. The first-order valence-electron chi connectivity index (χ1n) is 7.13. The summed E-state index contributed by atoms with van der Waals surface area (Å²) in [5.41, 5.74) is 0.375. The summed E-state index contributed by atoms with van der Waals surface area (Å²) in [4.78, 5) is 11.4. The molecule has 2 nitrogen and oxygen atoms in total. The lowest BCUT2D eigenvalue weighted by molar-refractivity contribution is 0.0693. The second kappa shape index (κ2) is 12.2. The van der Waals surface area contributed by atoms with Crippen LogP contribution in [0.4, 0.5) is 0 Å². The molecule has 1 aromatic carbocycles. The topological polar surface area (TPSA) is 37.3 Å². The van der Waals surface area contributed by atoms with Crippen LogP contribution < -0.4 is 0 Å². The third kappa shape index (κ3) is 8.03. The molecule has 0 fully saturated rings. The Morgan fingerprint density at radius 1 is 1.24 bits per heavy atom. The summed E-state index contributed by atoms with van der Waals surface area (Å²) in [6.45, 7) is 6.54. The third-order valence-electron chi connectivity index (χ3n) is 2.91. The molecule has 0 amide bonds. The molecule has 0 aliphatic heterocycles. The Hall–Kier alpha value is -0.320. The van der Waals surface area contributed by atoms with E-state index in [-0.39, 0.29) is 0 Å². The van der Waals surface area contributed by atoms with E-state index < -0.39 is 5.97 Å². The number of hydrogen-bond donors (Lipinski definition) is 1. The molecule has 1 rings (SSSR count). The third-order valence-corrected chi connectivity index (χ3v) is 5.90. The molecule has 0 bridgehead atoms. The monoisotopic (exact) mass is 348 g/mol. The second-order valence-electron chi connectivity index (χ2n) is 4.33. The summed E-state index contributed by atoms with van der Waals surface area (Å²) in [6.07, 6.45) is 4.15. The van der Waals surface area contributed by atoms with Gasteiger partial charge in [-0.1, -0.05) is 32.9 Å². The van der Waals surface area contributed by atoms with E-state index in [4.69, 9.17) is 16.7 Å². The van der Waals surface area contributed by atoms with E-state index in [1.54, 1.807) is 18.2 Å². The Bertz CT molecular complexity index is 413. The molecule has 21 heavy (non-hydrogen) atoms. The molecular weight excluding hydrogens is 324 g/mol. The van der Waals surface area contributed by atoms with Crippen molar-refractivity contribution in [1.82, 2.24) is 0 Å². The summed E-state index contributed by atoms with van der Waals surface area (Å²) >= 11 is 9.51. The SMILES string of the molecule is CCSC(CC)C(Cl)CC.CSc1ccccc1C(=O)O. The predicted molar refractivity (Wildman–Crippen MR) is 97.3 cm³/mol. The van der Waals surface area contributed by atoms with Crippen LogP contribution >= 0.6 is 35.1 Å². The zero-order valence-corrected chi connectivity index (χ0v) is 15.5. The van der Waals surface area contributed by atoms with Crippen molar-refractivity contribution in [2.24, 2.45) is 0 Å². The van der Waals surface area contributed by atoms with Crippen LogP contribution in [0.1, 0.15) is 44.0 Å². The first-order valence-corrected chi connectivity index (χ1v) is 9.84. The fraction of sp³-hybridized carbons (Fsp3) is 0.562. The van der Waals surface area contributed by atoms with E-state index in [9.17, 15) is 4.79 Å². The van der Waals surface area contributed by atoms with E-state index in [1.165, 1.54) is 23.9 Å². The van der Waals surface area contributed by atoms with E-state index in [0.717, 1.165) is 11.3 Å². The van der Waals surface area contributed by atoms with Crippen LogP contribution in [0, 0.1) is 0 Å². The summed E-state index contributed by atoms with van der Waals surface area (Å²) in [7, 11) is 0. The van der Waals surface area contributed by atoms with Crippen LogP contribution in [0.2, 0.25) is 0 Å². The Kier molecular flexibility index (Phi) is 12.1. The van der Waals surface area contributed by atoms with Gasteiger partial charge in [0.1, 0.15) is 0 Å². The zero-order valence-electron chi connectivity index (χ0n) is 13.1. The number of benzene rings is 1. The van der Waals surface area contributed by atoms with Crippen molar-refractivity contribution >= 4 is 41.1 Å². The van der Waals surface area contributed by atoms with Crippen molar-refractivity contribution in [2.45, 2.75) is 49.1 Å². The van der Waals surface area contributed by atoms with Crippen molar-refractivity contribution in [2.75, 3.05) is 12.0 Å². The van der Waals surface area contributed by atoms with Gasteiger partial charge in [-0.05, 0) is 37.0 Å². The molecule has 120 valence electrons. The van der Waals surface area contributed by atoms with Gasteiger partial charge in [0.15, 0.2) is 0 Å². The highest BCUT2D eigenvalue weighted by atomic mass is 35.5. The van der Waals surface area contributed by atoms with Gasteiger partial charge in [0, 0.05) is 15.5 Å². The van der Waals surface area contributed by atoms with Gasteiger partial charge in [-0.25, -0.2) is 4.79 Å². The van der Waals surface area contributed by atoms with Gasteiger partial charge in [0.2, 0.25) is 0 Å². The fourth-order valence-corrected chi connectivity index (χ4v) is 3.83. The van der Waals surface area contributed by atoms with E-state index in [1.807, 2.05) is 24.1 Å². The van der Waals surface area contributed by atoms with Gasteiger partial charge in [-0.15, -0.1) is 23.4 Å². The average molecular weight is 349 g/mol. The molecule has 0 heterocycles. The fourth-order valence-electron chi connectivity index (χ4n) is 1.78. The lowest BCUT2D eigenvalue weighted by Gasteiger charge is -2.17. The predicted octanol–water partition coefficient (Wildman–Crippen LogP) is 5.64. The molecule has 5 heteroatoms. The zero-order chi connectivity index (χ0) is 16.3. The minimum absolute atomic E-state index is 0.370. The van der Waals surface area contributed by atoms with Crippen molar-refractivity contribution in [3.8, 4) is 0 Å². The molecule has 0 saturated heterocycles. The van der Waals surface area contributed by atoms with Gasteiger partial charge >= 0.3 is 5.97 Å². The highest BCUT2D eigenvalue weighted by Crippen LogP contribution is 2.23. The molecule has 1 aromatic rings. The second-order valence-corrected chi connectivity index (χ2v) is 7.26. The number of halogens is 1. The summed E-state index contributed by atoms with van der Waals surface area (Å²) < 4.78 is 0. The van der Waals surface area contributed by atoms with E-state index in [2.05, 4.69) is 20.8 Å². The molecular formula is C16H25ClO2S2. The van der Waals surface area contributed by atoms with Crippen LogP contribution in [0.5, 0.6) is 0 Å². The molecule has 0 saturated carbocycles. The smallest absolute Gasteiger partial charge is 0.336 e. The van der Waals surface area contributed by atoms with Crippen LogP contribution in [-0.2, 0) is 0 Å². The Morgan fingerprint density at radius 3 is 2.24 bits per heavy atom. The minimum Gasteiger partial charge on any atom is -0.478 e. The molecule has 0 spiro atoms. The van der Waals surface area contributed by atoms with Crippen LogP contribution in [0.15, 0.2) is 29.2 Å². The number of carbonyl (C=O) groups is 1. The van der Waals surface area contributed by atoms with Gasteiger partial charge in [0.25, 0.3) is 0 Å². The largest absolute Gasteiger partial charge is 0.478 e. The van der Waals surface area contributed by atoms with Crippen LogP contribution in [0.25, 0.3) is 0 Å². The molecule has 0 aliphatic carbocycles. The number of hydrogen-bond acceptors (Lipinski definition) is 3. The molecule has 2 atom stereocenters. The van der Waals surface area contributed by atoms with Gasteiger partial charge in [-0.3, -0.25) is 0 Å². The highest BCUT2D eigenvalue weighted by molar-refractivity contribution is 8.00. The van der Waals surface area contributed by atoms with Gasteiger partial charge in [0.05, 0.1) is 5.56 Å². The van der Waals surface area contributed by atoms with Gasteiger partial charge in [-0.2, -0.15) is 11.8 Å². The number of alkyl halides is 1. The minimum atomic E-state index is -0.866. The average Bonchev–Trinajstić information content (AvgIpc) is 2.52. The molecule has 2 unspecified atom stereocenters. The lowest BCUT2D eigenvalue weighted by atomic mass is 10.2. The molecule has 0 aromatic heterocycles. The summed E-state index contributed by atoms with van der Waals surface area (Å²) in [5, 5.41) is 9.72. The molecule has 0 aliphatic rings. The van der Waals surface area contributed by atoms with Gasteiger partial charge < -0.3 is 5.11 Å². The van der Waals surface area contributed by atoms with Crippen LogP contribution in [-0.4, -0.2) is 33.7 Å². The lowest BCUT2D eigenvalue weighted by Crippen LogP contribution is -2.15. The molecule has 0 radical (unpaired) electrons. The van der Waals surface area contributed by atoms with Crippen molar-refractivity contribution in [3.63, 3.8) is 0 Å². The van der Waals surface area contributed by atoms with E-state index in [0.29, 0.717) is 16.2 Å². The number of carboxylic acids is 1. The van der Waals surface area contributed by atoms with E-state index >= 15 is 0 Å². The normalized spacial score (nSPS) is 13.0. The summed E-state index contributed by atoms with van der Waals surface area (Å²) in [6, 6.07) is 6.96. The maximum atomic E-state index is 10.6. The number of carboxylic acid groups (broad SMARTS) is 1. The standard InChI is InChI=1S/C8H17ClS.C8H8O2S/c1-4-7(9)8(5-2)10-6-3;1-11-7-5-3-2-4-6(7)8(9)10/h7-8H,4-6H2,1-3H3;2-5H,1H3,(H,9,10).